The van der Waals surface area contributed by atoms with Gasteiger partial charge in [-0.2, -0.15) is 0 Å². The van der Waals surface area contributed by atoms with E-state index in [0.29, 0.717) is 26.4 Å². The van der Waals surface area contributed by atoms with Gasteiger partial charge in [-0.05, 0) is 0 Å². The SMILES string of the molecule is CC1(C)COP(OP2OCC(C)(C)CO2)OC1. The van der Waals surface area contributed by atoms with Crippen molar-refractivity contribution in [3.63, 3.8) is 0 Å². The Morgan fingerprint density at radius 3 is 1.29 bits per heavy atom. The highest BCUT2D eigenvalue weighted by Crippen LogP contribution is 2.60. The summed E-state index contributed by atoms with van der Waals surface area (Å²) in [5.74, 6) is 0. The second-order valence-electron chi connectivity index (χ2n) is 5.95. The van der Waals surface area contributed by atoms with E-state index < -0.39 is 17.2 Å². The molecule has 17 heavy (non-hydrogen) atoms. The number of rotatable bonds is 2. The molecule has 2 heterocycles. The van der Waals surface area contributed by atoms with E-state index in [1.54, 1.807) is 0 Å². The van der Waals surface area contributed by atoms with Gasteiger partial charge in [0.15, 0.2) is 0 Å². The minimum absolute atomic E-state index is 0.0612. The van der Waals surface area contributed by atoms with Gasteiger partial charge < -0.3 is 18.1 Å². The van der Waals surface area contributed by atoms with Crippen LogP contribution in [0, 0.1) is 10.8 Å². The Labute approximate surface area is 105 Å². The van der Waals surface area contributed by atoms with E-state index in [1.807, 2.05) is 0 Å². The lowest BCUT2D eigenvalue weighted by molar-refractivity contribution is 0.0189. The van der Waals surface area contributed by atoms with E-state index in [2.05, 4.69) is 27.7 Å². The Hall–Kier alpha value is 0.660. The second-order valence-corrected chi connectivity index (χ2v) is 8.53. The summed E-state index contributed by atoms with van der Waals surface area (Å²) in [6.45, 7) is 11.0. The maximum absolute atomic E-state index is 5.56. The summed E-state index contributed by atoms with van der Waals surface area (Å²) >= 11 is 0. The predicted octanol–water partition coefficient (Wildman–Crippen LogP) is 3.60. The van der Waals surface area contributed by atoms with Crippen LogP contribution in [0.1, 0.15) is 27.7 Å². The van der Waals surface area contributed by atoms with Gasteiger partial charge in [0.25, 0.3) is 0 Å². The van der Waals surface area contributed by atoms with Gasteiger partial charge >= 0.3 is 17.2 Å². The summed E-state index contributed by atoms with van der Waals surface area (Å²) < 4.78 is 27.7. The van der Waals surface area contributed by atoms with E-state index in [1.165, 1.54) is 0 Å². The average Bonchev–Trinajstić information content (AvgIpc) is 2.24. The molecule has 0 radical (unpaired) electrons. The molecule has 0 aromatic rings. The van der Waals surface area contributed by atoms with Crippen molar-refractivity contribution in [1.82, 2.24) is 0 Å². The van der Waals surface area contributed by atoms with Gasteiger partial charge in [0.1, 0.15) is 0 Å². The van der Waals surface area contributed by atoms with Crippen molar-refractivity contribution in [2.75, 3.05) is 26.4 Å². The predicted molar refractivity (Wildman–Crippen MR) is 66.3 cm³/mol. The van der Waals surface area contributed by atoms with Crippen LogP contribution in [-0.2, 0) is 22.4 Å². The molecule has 2 aliphatic heterocycles. The Bertz CT molecular complexity index is 225. The summed E-state index contributed by atoms with van der Waals surface area (Å²) in [6, 6.07) is 0. The number of hydrogen-bond donors (Lipinski definition) is 0. The maximum Gasteiger partial charge on any atom is 0.339 e. The fourth-order valence-electron chi connectivity index (χ4n) is 1.22. The Kier molecular flexibility index (Phi) is 4.42. The molecule has 2 aliphatic rings. The smallest absolute Gasteiger partial charge is 0.311 e. The van der Waals surface area contributed by atoms with Gasteiger partial charge in [-0.15, -0.1) is 0 Å². The summed E-state index contributed by atoms with van der Waals surface area (Å²) in [5.41, 5.74) is 0.122. The minimum Gasteiger partial charge on any atom is -0.311 e. The zero-order valence-electron chi connectivity index (χ0n) is 10.8. The van der Waals surface area contributed by atoms with Crippen LogP contribution in [0.2, 0.25) is 0 Å². The van der Waals surface area contributed by atoms with Crippen molar-refractivity contribution in [2.24, 2.45) is 10.8 Å². The van der Waals surface area contributed by atoms with E-state index in [4.69, 9.17) is 22.4 Å². The van der Waals surface area contributed by atoms with Gasteiger partial charge in [-0.3, -0.25) is 0 Å². The van der Waals surface area contributed by atoms with Gasteiger partial charge in [0.05, 0.1) is 26.4 Å². The van der Waals surface area contributed by atoms with Crippen LogP contribution in [0.25, 0.3) is 0 Å². The molecule has 0 N–H and O–H groups in total. The molecular weight excluding hydrogens is 262 g/mol. The zero-order valence-corrected chi connectivity index (χ0v) is 12.6. The topological polar surface area (TPSA) is 46.2 Å². The van der Waals surface area contributed by atoms with Crippen LogP contribution >= 0.6 is 17.2 Å². The molecule has 100 valence electrons. The van der Waals surface area contributed by atoms with Crippen molar-refractivity contribution >= 4 is 17.2 Å². The van der Waals surface area contributed by atoms with Crippen molar-refractivity contribution < 1.29 is 22.4 Å². The lowest BCUT2D eigenvalue weighted by atomic mass is 9.97. The van der Waals surface area contributed by atoms with E-state index in [9.17, 15) is 0 Å². The van der Waals surface area contributed by atoms with Crippen LogP contribution in [0.3, 0.4) is 0 Å². The van der Waals surface area contributed by atoms with Crippen molar-refractivity contribution in [3.8, 4) is 0 Å². The molecule has 2 rings (SSSR count). The molecular formula is C10H20O5P2. The number of hydrogen-bond acceptors (Lipinski definition) is 5. The van der Waals surface area contributed by atoms with Crippen molar-refractivity contribution in [1.29, 1.82) is 0 Å². The molecule has 0 aromatic carbocycles. The molecule has 0 saturated carbocycles. The van der Waals surface area contributed by atoms with Gasteiger partial charge in [0, 0.05) is 10.8 Å². The molecule has 0 amide bonds. The third-order valence-electron chi connectivity index (χ3n) is 2.38. The quantitative estimate of drug-likeness (QED) is 0.724. The third kappa shape index (κ3) is 4.36. The molecule has 2 saturated heterocycles. The molecule has 0 bridgehead atoms. The fraction of sp³-hybridized carbons (Fsp3) is 1.00. The third-order valence-corrected chi connectivity index (χ3v) is 4.80. The van der Waals surface area contributed by atoms with Crippen LogP contribution in [-0.4, -0.2) is 26.4 Å². The summed E-state index contributed by atoms with van der Waals surface area (Å²) in [5, 5.41) is 0. The Balaban J connectivity index is 1.72. The van der Waals surface area contributed by atoms with Crippen molar-refractivity contribution in [3.05, 3.63) is 0 Å². The second kappa shape index (κ2) is 5.34. The van der Waals surface area contributed by atoms with Crippen LogP contribution in [0.5, 0.6) is 0 Å². The largest absolute Gasteiger partial charge is 0.339 e. The van der Waals surface area contributed by atoms with Crippen LogP contribution < -0.4 is 0 Å². The average molecular weight is 282 g/mol. The Morgan fingerprint density at radius 1 is 0.706 bits per heavy atom. The summed E-state index contributed by atoms with van der Waals surface area (Å²) in [7, 11) is -2.61. The Morgan fingerprint density at radius 2 is 1.00 bits per heavy atom. The molecule has 0 aliphatic carbocycles. The first-order chi connectivity index (χ1) is 7.86. The standard InChI is InChI=1S/C10H20O5P2/c1-9(2)5-11-16(12-6-9)15-17-13-7-10(3,4)8-14-17/h5-8H2,1-4H3. The van der Waals surface area contributed by atoms with E-state index >= 15 is 0 Å². The highest BCUT2D eigenvalue weighted by atomic mass is 31.2. The summed E-state index contributed by atoms with van der Waals surface area (Å²) in [4.78, 5) is 0. The normalized spacial score (nSPS) is 30.4. The van der Waals surface area contributed by atoms with Crippen LogP contribution in [0.15, 0.2) is 0 Å². The molecule has 5 nitrogen and oxygen atoms in total. The van der Waals surface area contributed by atoms with E-state index in [0.717, 1.165) is 0 Å². The first kappa shape index (κ1) is 14.1. The molecule has 7 heteroatoms. The lowest BCUT2D eigenvalue weighted by Gasteiger charge is -2.36. The highest BCUT2D eigenvalue weighted by molar-refractivity contribution is 7.55. The lowest BCUT2D eigenvalue weighted by Crippen LogP contribution is -2.30. The maximum atomic E-state index is 5.56. The van der Waals surface area contributed by atoms with E-state index in [-0.39, 0.29) is 10.8 Å². The first-order valence-corrected chi connectivity index (χ1v) is 7.86. The molecule has 0 aromatic heterocycles. The van der Waals surface area contributed by atoms with Gasteiger partial charge in [0.2, 0.25) is 0 Å². The molecule has 2 fully saturated rings. The summed E-state index contributed by atoms with van der Waals surface area (Å²) in [6.07, 6.45) is 0. The molecule has 0 unspecified atom stereocenters. The first-order valence-electron chi connectivity index (χ1n) is 5.66. The van der Waals surface area contributed by atoms with Gasteiger partial charge in [-0.1, -0.05) is 27.7 Å². The molecule has 0 spiro atoms. The molecule has 0 atom stereocenters. The van der Waals surface area contributed by atoms with Crippen molar-refractivity contribution in [2.45, 2.75) is 27.7 Å². The minimum atomic E-state index is -1.31. The van der Waals surface area contributed by atoms with Crippen LogP contribution in [0.4, 0.5) is 0 Å². The monoisotopic (exact) mass is 282 g/mol. The zero-order chi connectivity index (χ0) is 12.5. The van der Waals surface area contributed by atoms with Gasteiger partial charge in [-0.25, -0.2) is 4.31 Å². The fourth-order valence-corrected chi connectivity index (χ4v) is 4.37. The highest BCUT2D eigenvalue weighted by Gasteiger charge is 2.36.